The van der Waals surface area contributed by atoms with Crippen LogP contribution in [0.15, 0.2) is 24.3 Å². The highest BCUT2D eigenvalue weighted by molar-refractivity contribution is 7.99. The van der Waals surface area contributed by atoms with E-state index in [2.05, 4.69) is 0 Å². The third kappa shape index (κ3) is 4.03. The Labute approximate surface area is 92.0 Å². The molecule has 0 spiro atoms. The van der Waals surface area contributed by atoms with Gasteiger partial charge in [0.2, 0.25) is 0 Å². The molecule has 4 nitrogen and oxygen atoms in total. The van der Waals surface area contributed by atoms with Crippen LogP contribution in [0.3, 0.4) is 0 Å². The standard InChI is InChI=1S/C10H12N2O2S/c11-10(12)8-3-1-2-7(4-8)5-15-6-9(13)14/h1-4H,5-6H2,(H3,11,12)(H,13,14). The van der Waals surface area contributed by atoms with Crippen molar-refractivity contribution in [1.29, 1.82) is 5.41 Å². The van der Waals surface area contributed by atoms with Crippen molar-refractivity contribution in [3.05, 3.63) is 35.4 Å². The minimum Gasteiger partial charge on any atom is -0.481 e. The van der Waals surface area contributed by atoms with Crippen LogP contribution in [0.5, 0.6) is 0 Å². The lowest BCUT2D eigenvalue weighted by atomic mass is 10.1. The maximum absolute atomic E-state index is 10.3. The Kier molecular flexibility index (Phi) is 4.17. The number of hydrogen-bond donors (Lipinski definition) is 3. The lowest BCUT2D eigenvalue weighted by Crippen LogP contribution is -2.11. The van der Waals surface area contributed by atoms with Gasteiger partial charge >= 0.3 is 5.97 Å². The molecule has 80 valence electrons. The lowest BCUT2D eigenvalue weighted by Gasteiger charge is -2.02. The largest absolute Gasteiger partial charge is 0.481 e. The lowest BCUT2D eigenvalue weighted by molar-refractivity contribution is -0.133. The number of amidine groups is 1. The highest BCUT2D eigenvalue weighted by Crippen LogP contribution is 2.13. The van der Waals surface area contributed by atoms with E-state index in [9.17, 15) is 4.79 Å². The molecule has 0 aliphatic heterocycles. The summed E-state index contributed by atoms with van der Waals surface area (Å²) in [4.78, 5) is 10.3. The quantitative estimate of drug-likeness (QED) is 0.519. The van der Waals surface area contributed by atoms with Gasteiger partial charge in [-0.3, -0.25) is 10.2 Å². The fourth-order valence-corrected chi connectivity index (χ4v) is 1.78. The zero-order chi connectivity index (χ0) is 11.3. The minimum absolute atomic E-state index is 0.0279. The zero-order valence-electron chi connectivity index (χ0n) is 8.06. The molecule has 0 saturated carbocycles. The molecule has 0 heterocycles. The SMILES string of the molecule is N=C(N)c1cccc(CSCC(=O)O)c1. The number of carboxylic acids is 1. The first-order chi connectivity index (χ1) is 7.09. The second kappa shape index (κ2) is 5.41. The molecule has 0 unspecified atom stereocenters. The van der Waals surface area contributed by atoms with Crippen molar-refractivity contribution < 1.29 is 9.90 Å². The number of rotatable bonds is 5. The van der Waals surface area contributed by atoms with Crippen molar-refractivity contribution >= 4 is 23.6 Å². The predicted octanol–water partition coefficient (Wildman–Crippen LogP) is 1.29. The van der Waals surface area contributed by atoms with Gasteiger partial charge in [0.25, 0.3) is 0 Å². The van der Waals surface area contributed by atoms with E-state index in [1.807, 2.05) is 12.1 Å². The van der Waals surface area contributed by atoms with E-state index in [0.29, 0.717) is 11.3 Å². The molecule has 0 atom stereocenters. The van der Waals surface area contributed by atoms with Gasteiger partial charge in [-0.1, -0.05) is 18.2 Å². The van der Waals surface area contributed by atoms with Crippen LogP contribution in [-0.4, -0.2) is 22.7 Å². The second-order valence-electron chi connectivity index (χ2n) is 3.00. The van der Waals surface area contributed by atoms with E-state index in [1.54, 1.807) is 12.1 Å². The summed E-state index contributed by atoms with van der Waals surface area (Å²) < 4.78 is 0. The Balaban J connectivity index is 2.58. The Bertz CT molecular complexity index is 379. The second-order valence-corrected chi connectivity index (χ2v) is 3.99. The minimum atomic E-state index is -0.817. The van der Waals surface area contributed by atoms with Gasteiger partial charge in [0.05, 0.1) is 5.75 Å². The first kappa shape index (κ1) is 11.6. The molecular formula is C10H12N2O2S. The normalized spacial score (nSPS) is 9.87. The van der Waals surface area contributed by atoms with Crippen molar-refractivity contribution in [1.82, 2.24) is 0 Å². The van der Waals surface area contributed by atoms with Crippen molar-refractivity contribution in [2.24, 2.45) is 5.73 Å². The number of carbonyl (C=O) groups is 1. The van der Waals surface area contributed by atoms with Gasteiger partial charge < -0.3 is 10.8 Å². The van der Waals surface area contributed by atoms with E-state index in [0.717, 1.165) is 5.56 Å². The summed E-state index contributed by atoms with van der Waals surface area (Å²) >= 11 is 1.32. The maximum Gasteiger partial charge on any atom is 0.313 e. The summed E-state index contributed by atoms with van der Waals surface area (Å²) in [5, 5.41) is 15.7. The van der Waals surface area contributed by atoms with Crippen LogP contribution in [0.2, 0.25) is 0 Å². The van der Waals surface area contributed by atoms with E-state index in [1.165, 1.54) is 11.8 Å². The number of thioether (sulfide) groups is 1. The Hall–Kier alpha value is -1.49. The van der Waals surface area contributed by atoms with Crippen LogP contribution in [-0.2, 0) is 10.5 Å². The molecule has 0 radical (unpaired) electrons. The summed E-state index contributed by atoms with van der Waals surface area (Å²) in [5.74, 6) is -0.0830. The predicted molar refractivity (Wildman–Crippen MR) is 61.3 cm³/mol. The van der Waals surface area contributed by atoms with Crippen LogP contribution in [0.25, 0.3) is 0 Å². The fraction of sp³-hybridized carbons (Fsp3) is 0.200. The summed E-state index contributed by atoms with van der Waals surface area (Å²) in [6, 6.07) is 7.26. The first-order valence-corrected chi connectivity index (χ1v) is 5.48. The third-order valence-corrected chi connectivity index (χ3v) is 2.72. The molecule has 1 aromatic rings. The number of carboxylic acid groups (broad SMARTS) is 1. The monoisotopic (exact) mass is 224 g/mol. The smallest absolute Gasteiger partial charge is 0.313 e. The Morgan fingerprint density at radius 2 is 2.27 bits per heavy atom. The molecule has 0 amide bonds. The van der Waals surface area contributed by atoms with Gasteiger partial charge in [0, 0.05) is 11.3 Å². The molecular weight excluding hydrogens is 212 g/mol. The van der Waals surface area contributed by atoms with Gasteiger partial charge in [0.15, 0.2) is 0 Å². The molecule has 4 N–H and O–H groups in total. The van der Waals surface area contributed by atoms with Crippen molar-refractivity contribution in [2.45, 2.75) is 5.75 Å². The summed E-state index contributed by atoms with van der Waals surface area (Å²) in [5.41, 5.74) is 6.99. The molecule has 5 heteroatoms. The average Bonchev–Trinajstić information content (AvgIpc) is 2.17. The third-order valence-electron chi connectivity index (χ3n) is 1.73. The zero-order valence-corrected chi connectivity index (χ0v) is 8.88. The molecule has 0 aromatic heterocycles. The average molecular weight is 224 g/mol. The number of nitrogens with one attached hydrogen (secondary N) is 1. The highest BCUT2D eigenvalue weighted by Gasteiger charge is 2.00. The molecule has 1 rings (SSSR count). The van der Waals surface area contributed by atoms with E-state index in [-0.39, 0.29) is 11.6 Å². The van der Waals surface area contributed by atoms with Crippen LogP contribution in [0, 0.1) is 5.41 Å². The topological polar surface area (TPSA) is 87.2 Å². The summed E-state index contributed by atoms with van der Waals surface area (Å²) in [7, 11) is 0. The molecule has 1 aromatic carbocycles. The summed E-state index contributed by atoms with van der Waals surface area (Å²) in [6.07, 6.45) is 0. The molecule has 0 fully saturated rings. The maximum atomic E-state index is 10.3. The Morgan fingerprint density at radius 3 is 2.87 bits per heavy atom. The van der Waals surface area contributed by atoms with Gasteiger partial charge in [0.1, 0.15) is 5.84 Å². The van der Waals surface area contributed by atoms with Gasteiger partial charge in [-0.15, -0.1) is 11.8 Å². The van der Waals surface area contributed by atoms with Gasteiger partial charge in [-0.2, -0.15) is 0 Å². The number of nitrogen functional groups attached to an aromatic ring is 1. The van der Waals surface area contributed by atoms with Crippen LogP contribution >= 0.6 is 11.8 Å². The van der Waals surface area contributed by atoms with Crippen molar-refractivity contribution in [3.8, 4) is 0 Å². The molecule has 0 aliphatic rings. The van der Waals surface area contributed by atoms with Crippen molar-refractivity contribution in [3.63, 3.8) is 0 Å². The van der Waals surface area contributed by atoms with E-state index < -0.39 is 5.97 Å². The fourth-order valence-electron chi connectivity index (χ4n) is 1.08. The number of benzene rings is 1. The molecule has 0 aliphatic carbocycles. The number of hydrogen-bond acceptors (Lipinski definition) is 3. The van der Waals surface area contributed by atoms with E-state index >= 15 is 0 Å². The van der Waals surface area contributed by atoms with Crippen LogP contribution < -0.4 is 5.73 Å². The van der Waals surface area contributed by atoms with E-state index in [4.69, 9.17) is 16.2 Å². The number of nitrogens with two attached hydrogens (primary N) is 1. The van der Waals surface area contributed by atoms with Crippen LogP contribution in [0.1, 0.15) is 11.1 Å². The van der Waals surface area contributed by atoms with Gasteiger partial charge in [-0.05, 0) is 11.6 Å². The molecule has 0 saturated heterocycles. The van der Waals surface area contributed by atoms with Crippen molar-refractivity contribution in [2.75, 3.05) is 5.75 Å². The summed E-state index contributed by atoms with van der Waals surface area (Å²) in [6.45, 7) is 0. The van der Waals surface area contributed by atoms with Crippen LogP contribution in [0.4, 0.5) is 0 Å². The first-order valence-electron chi connectivity index (χ1n) is 4.32. The number of aliphatic carboxylic acids is 1. The molecule has 15 heavy (non-hydrogen) atoms. The van der Waals surface area contributed by atoms with Gasteiger partial charge in [-0.25, -0.2) is 0 Å². The Morgan fingerprint density at radius 1 is 1.53 bits per heavy atom. The highest BCUT2D eigenvalue weighted by atomic mass is 32.2. The molecule has 0 bridgehead atoms.